The zero-order chi connectivity index (χ0) is 15.1. The molecule has 2 aromatic carbocycles. The molecule has 2 aromatic rings. The van der Waals surface area contributed by atoms with Crippen molar-refractivity contribution in [3.63, 3.8) is 0 Å². The van der Waals surface area contributed by atoms with Crippen LogP contribution >= 0.6 is 11.8 Å². The molecule has 108 valence electrons. The molecule has 0 aliphatic heterocycles. The fourth-order valence-corrected chi connectivity index (χ4v) is 2.78. The quantitative estimate of drug-likeness (QED) is 0.806. The number of carboxylic acids is 1. The number of rotatable bonds is 6. The topological polar surface area (TPSA) is 37.3 Å². The fraction of sp³-hybridized carbons (Fsp3) is 0.118. The molecule has 0 saturated heterocycles. The highest BCUT2D eigenvalue weighted by atomic mass is 32.2. The second kappa shape index (κ2) is 7.64. The van der Waals surface area contributed by atoms with Crippen LogP contribution in [0.15, 0.2) is 54.6 Å². The van der Waals surface area contributed by atoms with E-state index in [2.05, 4.69) is 12.1 Å². The minimum atomic E-state index is -1.08. The van der Waals surface area contributed by atoms with Gasteiger partial charge in [0.1, 0.15) is 5.82 Å². The van der Waals surface area contributed by atoms with Crippen molar-refractivity contribution in [3.05, 3.63) is 77.1 Å². The van der Waals surface area contributed by atoms with Gasteiger partial charge in [-0.05, 0) is 29.3 Å². The Balaban J connectivity index is 1.97. The van der Waals surface area contributed by atoms with E-state index in [0.717, 1.165) is 23.1 Å². The Kier molecular flexibility index (Phi) is 5.58. The van der Waals surface area contributed by atoms with Crippen molar-refractivity contribution in [2.75, 3.05) is 0 Å². The van der Waals surface area contributed by atoms with Crippen LogP contribution in [0.5, 0.6) is 0 Å². The molecule has 2 nitrogen and oxygen atoms in total. The normalized spacial score (nSPS) is 10.9. The summed E-state index contributed by atoms with van der Waals surface area (Å²) in [6, 6.07) is 14.9. The molecule has 0 amide bonds. The highest BCUT2D eigenvalue weighted by molar-refractivity contribution is 7.97. The van der Waals surface area contributed by atoms with Gasteiger partial charge in [0.2, 0.25) is 0 Å². The van der Waals surface area contributed by atoms with Crippen molar-refractivity contribution in [3.8, 4) is 0 Å². The van der Waals surface area contributed by atoms with E-state index >= 15 is 0 Å². The Morgan fingerprint density at radius 2 is 1.81 bits per heavy atom. The lowest BCUT2D eigenvalue weighted by Gasteiger charge is -2.04. The number of carboxylic acid groups (broad SMARTS) is 1. The summed E-state index contributed by atoms with van der Waals surface area (Å²) < 4.78 is 13.6. The number of hydrogen-bond acceptors (Lipinski definition) is 2. The molecule has 0 bridgehead atoms. The molecule has 2 rings (SSSR count). The zero-order valence-corrected chi connectivity index (χ0v) is 12.1. The van der Waals surface area contributed by atoms with E-state index in [1.807, 2.05) is 18.2 Å². The summed E-state index contributed by atoms with van der Waals surface area (Å²) in [6.45, 7) is 0. The average molecular weight is 302 g/mol. The minimum absolute atomic E-state index is 0.301. The third-order valence-corrected chi connectivity index (χ3v) is 3.92. The summed E-state index contributed by atoms with van der Waals surface area (Å²) in [6.07, 6.45) is 2.22. The number of halogens is 1. The van der Waals surface area contributed by atoms with Gasteiger partial charge in [0.25, 0.3) is 0 Å². The van der Waals surface area contributed by atoms with E-state index in [-0.39, 0.29) is 0 Å². The Hall–Kier alpha value is -2.07. The van der Waals surface area contributed by atoms with Gasteiger partial charge in [-0.3, -0.25) is 0 Å². The van der Waals surface area contributed by atoms with Crippen LogP contribution in [0.1, 0.15) is 16.7 Å². The van der Waals surface area contributed by atoms with Gasteiger partial charge in [-0.15, -0.1) is 0 Å². The lowest BCUT2D eigenvalue weighted by atomic mass is 10.1. The largest absolute Gasteiger partial charge is 0.478 e. The number of benzene rings is 2. The van der Waals surface area contributed by atoms with Crippen molar-refractivity contribution >= 4 is 23.8 Å². The molecule has 1 N–H and O–H groups in total. The highest BCUT2D eigenvalue weighted by Gasteiger charge is 2.02. The molecular weight excluding hydrogens is 287 g/mol. The first-order chi connectivity index (χ1) is 10.1. The van der Waals surface area contributed by atoms with Gasteiger partial charge in [0.15, 0.2) is 0 Å². The smallest absolute Gasteiger partial charge is 0.328 e. The molecule has 0 saturated carbocycles. The van der Waals surface area contributed by atoms with Crippen molar-refractivity contribution in [1.29, 1.82) is 0 Å². The maximum atomic E-state index is 13.6. The van der Waals surface area contributed by atoms with Crippen molar-refractivity contribution < 1.29 is 14.3 Å². The summed E-state index contributed by atoms with van der Waals surface area (Å²) in [5.74, 6) is 0.143. The Bertz CT molecular complexity index is 638. The molecule has 0 aliphatic carbocycles. The molecule has 0 atom stereocenters. The summed E-state index contributed by atoms with van der Waals surface area (Å²) in [5.41, 5.74) is 2.52. The van der Waals surface area contributed by atoms with Gasteiger partial charge < -0.3 is 5.11 Å². The molecule has 21 heavy (non-hydrogen) atoms. The third-order valence-electron chi connectivity index (χ3n) is 2.85. The zero-order valence-electron chi connectivity index (χ0n) is 11.3. The first-order valence-electron chi connectivity index (χ1n) is 6.46. The molecule has 0 radical (unpaired) electrons. The maximum absolute atomic E-state index is 13.6. The van der Waals surface area contributed by atoms with E-state index < -0.39 is 11.8 Å². The van der Waals surface area contributed by atoms with E-state index in [1.54, 1.807) is 23.9 Å². The Morgan fingerprint density at radius 1 is 1.10 bits per heavy atom. The van der Waals surface area contributed by atoms with Crippen LogP contribution in [-0.4, -0.2) is 11.1 Å². The lowest BCUT2D eigenvalue weighted by molar-refractivity contribution is -0.131. The number of carbonyl (C=O) groups is 1. The van der Waals surface area contributed by atoms with E-state index in [1.165, 1.54) is 17.7 Å². The minimum Gasteiger partial charge on any atom is -0.478 e. The number of hydrogen-bond donors (Lipinski definition) is 1. The summed E-state index contributed by atoms with van der Waals surface area (Å²) in [4.78, 5) is 10.5. The van der Waals surface area contributed by atoms with Crippen molar-refractivity contribution in [1.82, 2.24) is 0 Å². The van der Waals surface area contributed by atoms with Crippen LogP contribution in [-0.2, 0) is 16.3 Å². The van der Waals surface area contributed by atoms with Crippen LogP contribution in [0.3, 0.4) is 0 Å². The molecule has 0 aromatic heterocycles. The maximum Gasteiger partial charge on any atom is 0.328 e. The van der Waals surface area contributed by atoms with Gasteiger partial charge in [0.05, 0.1) is 0 Å². The predicted molar refractivity (Wildman–Crippen MR) is 84.5 cm³/mol. The fourth-order valence-electron chi connectivity index (χ4n) is 1.83. The molecule has 0 heterocycles. The molecule has 4 heteroatoms. The van der Waals surface area contributed by atoms with Gasteiger partial charge in [-0.2, -0.15) is 11.8 Å². The monoisotopic (exact) mass is 302 g/mol. The van der Waals surface area contributed by atoms with Gasteiger partial charge in [-0.25, -0.2) is 9.18 Å². The van der Waals surface area contributed by atoms with Crippen LogP contribution in [0.25, 0.3) is 6.08 Å². The standard InChI is InChI=1S/C17H15FO2S/c18-16-8-6-14(10-15(16)7-9-17(19)20)12-21-11-13-4-2-1-3-5-13/h1-10H,11-12H2,(H,19,20). The average Bonchev–Trinajstić information content (AvgIpc) is 2.48. The van der Waals surface area contributed by atoms with Gasteiger partial charge in [0, 0.05) is 23.1 Å². The number of thioether (sulfide) groups is 1. The summed E-state index contributed by atoms with van der Waals surface area (Å²) in [5, 5.41) is 8.59. The first kappa shape index (κ1) is 15.3. The Labute approximate surface area is 127 Å². The summed E-state index contributed by atoms with van der Waals surface area (Å²) >= 11 is 1.74. The third kappa shape index (κ3) is 5.08. The van der Waals surface area contributed by atoms with Crippen molar-refractivity contribution in [2.24, 2.45) is 0 Å². The second-order valence-electron chi connectivity index (χ2n) is 4.51. The van der Waals surface area contributed by atoms with Gasteiger partial charge in [-0.1, -0.05) is 36.4 Å². The lowest BCUT2D eigenvalue weighted by Crippen LogP contribution is -1.90. The molecule has 0 aliphatic rings. The van der Waals surface area contributed by atoms with Crippen molar-refractivity contribution in [2.45, 2.75) is 11.5 Å². The predicted octanol–water partition coefficient (Wildman–Crippen LogP) is 4.36. The van der Waals surface area contributed by atoms with E-state index in [0.29, 0.717) is 5.56 Å². The first-order valence-corrected chi connectivity index (χ1v) is 7.62. The molecule has 0 spiro atoms. The molecular formula is C17H15FO2S. The van der Waals surface area contributed by atoms with Crippen LogP contribution in [0.2, 0.25) is 0 Å². The van der Waals surface area contributed by atoms with E-state index in [4.69, 9.17) is 5.11 Å². The van der Waals surface area contributed by atoms with E-state index in [9.17, 15) is 9.18 Å². The molecule has 0 fully saturated rings. The van der Waals surface area contributed by atoms with Crippen LogP contribution < -0.4 is 0 Å². The number of aliphatic carboxylic acids is 1. The SMILES string of the molecule is O=C(O)C=Cc1cc(CSCc2ccccc2)ccc1F. The van der Waals surface area contributed by atoms with Gasteiger partial charge >= 0.3 is 5.97 Å². The Morgan fingerprint density at radius 3 is 2.52 bits per heavy atom. The molecule has 0 unspecified atom stereocenters. The second-order valence-corrected chi connectivity index (χ2v) is 5.49. The van der Waals surface area contributed by atoms with Crippen LogP contribution in [0.4, 0.5) is 4.39 Å². The highest BCUT2D eigenvalue weighted by Crippen LogP contribution is 2.20. The summed E-state index contributed by atoms with van der Waals surface area (Å²) in [7, 11) is 0. The van der Waals surface area contributed by atoms with Crippen LogP contribution in [0, 0.1) is 5.82 Å².